The van der Waals surface area contributed by atoms with Crippen LogP contribution in [0.1, 0.15) is 43.2 Å². The van der Waals surface area contributed by atoms with Gasteiger partial charge in [0.25, 0.3) is 5.91 Å². The van der Waals surface area contributed by atoms with Crippen LogP contribution < -0.4 is 10.1 Å². The molecule has 0 spiro atoms. The highest BCUT2D eigenvalue weighted by atomic mass is 16.5. The standard InChI is InChI=1S/C18H25NO2/c1-14-7-6-10-17(15(14)2)21-13-18(20)19-12-11-16-8-4-3-5-9-16/h6-8,10H,3-5,9,11-13H2,1-2H3,(H,19,20). The second-order valence-electron chi connectivity index (χ2n) is 5.69. The van der Waals surface area contributed by atoms with Gasteiger partial charge >= 0.3 is 0 Å². The number of amides is 1. The van der Waals surface area contributed by atoms with E-state index in [1.165, 1.54) is 36.8 Å². The van der Waals surface area contributed by atoms with E-state index in [9.17, 15) is 4.79 Å². The molecule has 0 aliphatic heterocycles. The Kier molecular flexibility index (Phi) is 5.85. The molecule has 0 atom stereocenters. The summed E-state index contributed by atoms with van der Waals surface area (Å²) in [6, 6.07) is 5.90. The van der Waals surface area contributed by atoms with Crippen molar-refractivity contribution in [3.63, 3.8) is 0 Å². The molecule has 1 aliphatic carbocycles. The summed E-state index contributed by atoms with van der Waals surface area (Å²) in [5.41, 5.74) is 3.76. The van der Waals surface area contributed by atoms with Crippen LogP contribution >= 0.6 is 0 Å². The molecule has 1 aromatic carbocycles. The summed E-state index contributed by atoms with van der Waals surface area (Å²) in [6.45, 7) is 4.85. The summed E-state index contributed by atoms with van der Waals surface area (Å²) >= 11 is 0. The predicted octanol–water partition coefficient (Wildman–Crippen LogP) is 3.69. The molecule has 0 bridgehead atoms. The van der Waals surface area contributed by atoms with Gasteiger partial charge in [0, 0.05) is 6.54 Å². The molecule has 1 aromatic rings. The van der Waals surface area contributed by atoms with Gasteiger partial charge in [-0.25, -0.2) is 0 Å². The molecule has 0 heterocycles. The minimum atomic E-state index is -0.0488. The lowest BCUT2D eigenvalue weighted by Gasteiger charge is -2.13. The summed E-state index contributed by atoms with van der Waals surface area (Å²) in [4.78, 5) is 11.8. The van der Waals surface area contributed by atoms with Crippen LogP contribution in [0.2, 0.25) is 0 Å². The van der Waals surface area contributed by atoms with Gasteiger partial charge in [0.15, 0.2) is 6.61 Å². The van der Waals surface area contributed by atoms with Gasteiger partial charge in [0.05, 0.1) is 0 Å². The molecule has 3 heteroatoms. The fourth-order valence-electron chi connectivity index (χ4n) is 2.57. The lowest BCUT2D eigenvalue weighted by molar-refractivity contribution is -0.123. The number of hydrogen-bond donors (Lipinski definition) is 1. The van der Waals surface area contributed by atoms with Crippen LogP contribution in [0.15, 0.2) is 29.8 Å². The monoisotopic (exact) mass is 287 g/mol. The number of allylic oxidation sites excluding steroid dienone is 1. The van der Waals surface area contributed by atoms with Crippen LogP contribution in [0.5, 0.6) is 5.75 Å². The number of benzene rings is 1. The predicted molar refractivity (Wildman–Crippen MR) is 85.6 cm³/mol. The maximum absolute atomic E-state index is 11.8. The Labute approximate surface area is 127 Å². The Morgan fingerprint density at radius 1 is 1.29 bits per heavy atom. The van der Waals surface area contributed by atoms with Gasteiger partial charge in [-0.3, -0.25) is 4.79 Å². The lowest BCUT2D eigenvalue weighted by atomic mass is 9.97. The Balaban J connectivity index is 1.70. The van der Waals surface area contributed by atoms with E-state index in [4.69, 9.17) is 4.74 Å². The molecule has 1 N–H and O–H groups in total. The van der Waals surface area contributed by atoms with E-state index in [0.29, 0.717) is 6.54 Å². The molecular formula is C18H25NO2. The quantitative estimate of drug-likeness (QED) is 0.810. The fraction of sp³-hybridized carbons (Fsp3) is 0.500. The van der Waals surface area contributed by atoms with Gasteiger partial charge in [0.1, 0.15) is 5.75 Å². The van der Waals surface area contributed by atoms with Crippen LogP contribution in [-0.2, 0) is 4.79 Å². The van der Waals surface area contributed by atoms with Gasteiger partial charge in [-0.05, 0) is 63.1 Å². The lowest BCUT2D eigenvalue weighted by Crippen LogP contribution is -2.30. The molecule has 1 amide bonds. The molecular weight excluding hydrogens is 262 g/mol. The molecule has 2 rings (SSSR count). The summed E-state index contributed by atoms with van der Waals surface area (Å²) < 4.78 is 5.60. The zero-order chi connectivity index (χ0) is 15.1. The van der Waals surface area contributed by atoms with E-state index in [0.717, 1.165) is 17.7 Å². The first-order valence-corrected chi connectivity index (χ1v) is 7.80. The van der Waals surface area contributed by atoms with Gasteiger partial charge in [-0.2, -0.15) is 0 Å². The number of aryl methyl sites for hydroxylation is 1. The molecule has 0 fully saturated rings. The zero-order valence-electron chi connectivity index (χ0n) is 13.1. The Morgan fingerprint density at radius 2 is 2.14 bits per heavy atom. The molecule has 0 radical (unpaired) electrons. The molecule has 3 nitrogen and oxygen atoms in total. The number of carbonyl (C=O) groups excluding carboxylic acids is 1. The van der Waals surface area contributed by atoms with Crippen molar-refractivity contribution in [1.82, 2.24) is 5.32 Å². The number of ether oxygens (including phenoxy) is 1. The number of rotatable bonds is 6. The van der Waals surface area contributed by atoms with Gasteiger partial charge in [0.2, 0.25) is 0 Å². The van der Waals surface area contributed by atoms with E-state index in [2.05, 4.69) is 11.4 Å². The highest BCUT2D eigenvalue weighted by Gasteiger charge is 2.07. The summed E-state index contributed by atoms with van der Waals surface area (Å²) in [5.74, 6) is 0.743. The minimum Gasteiger partial charge on any atom is -0.483 e. The Bertz CT molecular complexity index is 520. The first-order valence-electron chi connectivity index (χ1n) is 7.80. The minimum absolute atomic E-state index is 0.0488. The summed E-state index contributed by atoms with van der Waals surface area (Å²) in [7, 11) is 0. The first-order chi connectivity index (χ1) is 10.2. The molecule has 0 unspecified atom stereocenters. The second-order valence-corrected chi connectivity index (χ2v) is 5.69. The van der Waals surface area contributed by atoms with Crippen LogP contribution in [0.4, 0.5) is 0 Å². The van der Waals surface area contributed by atoms with E-state index in [1.807, 2.05) is 32.0 Å². The normalized spacial score (nSPS) is 14.5. The fourth-order valence-corrected chi connectivity index (χ4v) is 2.57. The van der Waals surface area contributed by atoms with E-state index < -0.39 is 0 Å². The molecule has 21 heavy (non-hydrogen) atoms. The largest absolute Gasteiger partial charge is 0.483 e. The summed E-state index contributed by atoms with van der Waals surface area (Å²) in [6.07, 6.45) is 8.26. The van der Waals surface area contributed by atoms with Gasteiger partial charge in [-0.1, -0.05) is 23.8 Å². The van der Waals surface area contributed by atoms with E-state index in [1.54, 1.807) is 0 Å². The maximum atomic E-state index is 11.8. The Hall–Kier alpha value is -1.77. The summed E-state index contributed by atoms with van der Waals surface area (Å²) in [5, 5.41) is 2.93. The van der Waals surface area contributed by atoms with Crippen LogP contribution in [0, 0.1) is 13.8 Å². The zero-order valence-corrected chi connectivity index (χ0v) is 13.1. The van der Waals surface area contributed by atoms with Gasteiger partial charge < -0.3 is 10.1 Å². The molecule has 114 valence electrons. The first kappa shape index (κ1) is 15.6. The topological polar surface area (TPSA) is 38.3 Å². The van der Waals surface area contributed by atoms with Crippen molar-refractivity contribution in [2.75, 3.05) is 13.2 Å². The van der Waals surface area contributed by atoms with E-state index in [-0.39, 0.29) is 12.5 Å². The molecule has 0 saturated carbocycles. The van der Waals surface area contributed by atoms with E-state index >= 15 is 0 Å². The van der Waals surface area contributed by atoms with Crippen molar-refractivity contribution in [2.45, 2.75) is 46.0 Å². The van der Waals surface area contributed by atoms with Crippen molar-refractivity contribution in [1.29, 1.82) is 0 Å². The average molecular weight is 287 g/mol. The number of carbonyl (C=O) groups is 1. The number of nitrogens with one attached hydrogen (secondary N) is 1. The molecule has 0 aromatic heterocycles. The highest BCUT2D eigenvalue weighted by Crippen LogP contribution is 2.20. The second kappa shape index (κ2) is 7.87. The maximum Gasteiger partial charge on any atom is 0.257 e. The van der Waals surface area contributed by atoms with Crippen molar-refractivity contribution in [3.05, 3.63) is 41.0 Å². The van der Waals surface area contributed by atoms with Crippen molar-refractivity contribution < 1.29 is 9.53 Å². The third-order valence-corrected chi connectivity index (χ3v) is 4.07. The van der Waals surface area contributed by atoms with Crippen LogP contribution in [0.25, 0.3) is 0 Å². The molecule has 0 saturated heterocycles. The average Bonchev–Trinajstić information content (AvgIpc) is 2.50. The van der Waals surface area contributed by atoms with Crippen molar-refractivity contribution in [3.8, 4) is 5.75 Å². The number of hydrogen-bond acceptors (Lipinski definition) is 2. The smallest absolute Gasteiger partial charge is 0.257 e. The van der Waals surface area contributed by atoms with Crippen LogP contribution in [-0.4, -0.2) is 19.1 Å². The highest BCUT2D eigenvalue weighted by molar-refractivity contribution is 5.77. The third kappa shape index (κ3) is 4.92. The van der Waals surface area contributed by atoms with Crippen molar-refractivity contribution in [2.24, 2.45) is 0 Å². The SMILES string of the molecule is Cc1cccc(OCC(=O)NCCC2=CCCCC2)c1C. The van der Waals surface area contributed by atoms with Crippen molar-refractivity contribution >= 4 is 5.91 Å². The Morgan fingerprint density at radius 3 is 2.90 bits per heavy atom. The third-order valence-electron chi connectivity index (χ3n) is 4.07. The van der Waals surface area contributed by atoms with Crippen LogP contribution in [0.3, 0.4) is 0 Å². The molecule has 1 aliphatic rings. The van der Waals surface area contributed by atoms with Gasteiger partial charge in [-0.15, -0.1) is 0 Å².